The molecule has 3 nitrogen and oxygen atoms in total. The highest BCUT2D eigenvalue weighted by molar-refractivity contribution is 7.00. The van der Waals surface area contributed by atoms with Crippen molar-refractivity contribution in [1.29, 1.82) is 0 Å². The lowest BCUT2D eigenvalue weighted by Crippen LogP contribution is -2.61. The van der Waals surface area contributed by atoms with E-state index in [4.69, 9.17) is 0 Å². The first-order valence-corrected chi connectivity index (χ1v) is 32.3. The van der Waals surface area contributed by atoms with Crippen LogP contribution < -0.4 is 26.2 Å². The lowest BCUT2D eigenvalue weighted by Gasteiger charge is -2.45. The van der Waals surface area contributed by atoms with Gasteiger partial charge in [0.15, 0.2) is 0 Å². The molecule has 0 N–H and O–H groups in total. The van der Waals surface area contributed by atoms with Gasteiger partial charge in [-0.15, -0.1) is 0 Å². The van der Waals surface area contributed by atoms with E-state index in [9.17, 15) is 0 Å². The van der Waals surface area contributed by atoms with Gasteiger partial charge in [0.1, 0.15) is 0 Å². The highest BCUT2D eigenvalue weighted by atomic mass is 15.2. The van der Waals surface area contributed by atoms with Gasteiger partial charge in [0, 0.05) is 44.9 Å². The van der Waals surface area contributed by atoms with E-state index >= 15 is 0 Å². The summed E-state index contributed by atoms with van der Waals surface area (Å²) in [4.78, 5) is 5.29. The maximum atomic E-state index is 2.66. The van der Waals surface area contributed by atoms with Crippen molar-refractivity contribution in [2.75, 3.05) is 9.80 Å². The molecule has 4 heteroatoms. The zero-order valence-electron chi connectivity index (χ0n) is 55.0. The molecule has 14 rings (SSSR count). The van der Waals surface area contributed by atoms with Crippen LogP contribution in [-0.2, 0) is 32.5 Å². The Balaban J connectivity index is 1.08. The van der Waals surface area contributed by atoms with Crippen LogP contribution in [0.25, 0.3) is 60.9 Å². The van der Waals surface area contributed by atoms with Crippen molar-refractivity contribution in [2.24, 2.45) is 0 Å². The zero-order chi connectivity index (χ0) is 61.8. The largest absolute Gasteiger partial charge is 0.311 e. The van der Waals surface area contributed by atoms with Crippen molar-refractivity contribution in [3.8, 4) is 39.1 Å². The quantitative estimate of drug-likeness (QED) is 0.154. The van der Waals surface area contributed by atoms with Crippen LogP contribution in [0.2, 0.25) is 0 Å². The maximum Gasteiger partial charge on any atom is 0.252 e. The van der Waals surface area contributed by atoms with E-state index in [2.05, 4.69) is 331 Å². The van der Waals surface area contributed by atoms with Crippen LogP contribution in [0.15, 0.2) is 206 Å². The van der Waals surface area contributed by atoms with Gasteiger partial charge < -0.3 is 14.4 Å². The first kappa shape index (κ1) is 57.4. The lowest BCUT2D eigenvalue weighted by molar-refractivity contribution is 0.332. The summed E-state index contributed by atoms with van der Waals surface area (Å²) >= 11 is 0. The molecule has 0 saturated heterocycles. The number of hydrogen-bond donors (Lipinski definition) is 0. The second kappa shape index (κ2) is 20.1. The molecule has 2 aliphatic heterocycles. The monoisotopic (exact) mass is 1150 g/mol. The summed E-state index contributed by atoms with van der Waals surface area (Å²) in [5, 5.41) is 2.49. The predicted molar refractivity (Wildman–Crippen MR) is 381 cm³/mol. The third-order valence-corrected chi connectivity index (χ3v) is 20.3. The van der Waals surface area contributed by atoms with Gasteiger partial charge in [0.2, 0.25) is 0 Å². The first-order chi connectivity index (χ1) is 41.6. The van der Waals surface area contributed by atoms with Crippen LogP contribution in [0.4, 0.5) is 34.1 Å². The van der Waals surface area contributed by atoms with E-state index < -0.39 is 0 Å². The second-order valence-corrected chi connectivity index (χ2v) is 31.4. The van der Waals surface area contributed by atoms with Crippen molar-refractivity contribution >= 4 is 79.0 Å². The Hall–Kier alpha value is -8.34. The Morgan fingerprint density at radius 1 is 0.318 bits per heavy atom. The van der Waals surface area contributed by atoms with Crippen molar-refractivity contribution in [3.05, 3.63) is 240 Å². The molecule has 0 spiro atoms. The van der Waals surface area contributed by atoms with E-state index in [-0.39, 0.29) is 39.2 Å². The van der Waals surface area contributed by atoms with Gasteiger partial charge in [-0.2, -0.15) is 0 Å². The van der Waals surface area contributed by atoms with Gasteiger partial charge in [-0.3, -0.25) is 0 Å². The summed E-state index contributed by atoms with van der Waals surface area (Å²) in [7, 11) is 0. The Morgan fingerprint density at radius 2 is 0.705 bits per heavy atom. The standard InChI is InChI=1S/C84H86BN3/c1-79(2,3)59-34-25-53(26-35-59)57-32-41-70-74(46-57)86(63-38-29-55(30-39-63)56-31-40-68-69(45-56)84(15,16)44-43-83(68,13)14)76-51-65(87-72-23-19-17-21-66(72)67-22-18-20-24-73(67)87)52-77-78(76)85(70)71-42-33-58(54-27-36-60(37-28-54)80(4,5)6)47-75(71)88(77)64-49-61(81(7,8)9)48-62(50-64)82(10,11)12/h17-42,45-52H,43-44H2,1-16H3. The van der Waals surface area contributed by atoms with E-state index in [1.54, 1.807) is 0 Å². The molecule has 0 saturated carbocycles. The fraction of sp³-hybridized carbons (Fsp3) is 0.286. The summed E-state index contributed by atoms with van der Waals surface area (Å²) in [5.41, 5.74) is 30.1. The minimum atomic E-state index is -0.114. The van der Waals surface area contributed by atoms with Crippen LogP contribution >= 0.6 is 0 Å². The Bertz CT molecular complexity index is 4490. The van der Waals surface area contributed by atoms with Gasteiger partial charge in [0.25, 0.3) is 6.71 Å². The van der Waals surface area contributed by atoms with Crippen molar-refractivity contribution in [1.82, 2.24) is 4.57 Å². The summed E-state index contributed by atoms with van der Waals surface area (Å²) in [6.45, 7) is 37.6. The Kier molecular flexibility index (Phi) is 13.1. The number of anilines is 6. The molecule has 88 heavy (non-hydrogen) atoms. The van der Waals surface area contributed by atoms with Crippen LogP contribution in [0, 0.1) is 0 Å². The average molecular weight is 1150 g/mol. The third kappa shape index (κ3) is 9.63. The van der Waals surface area contributed by atoms with E-state index in [0.717, 1.165) is 11.4 Å². The molecule has 1 aromatic heterocycles. The summed E-state index contributed by atoms with van der Waals surface area (Å²) in [6.07, 6.45) is 2.38. The lowest BCUT2D eigenvalue weighted by atomic mass is 9.33. The average Bonchev–Trinajstić information content (AvgIpc) is 0.868. The molecule has 0 bridgehead atoms. The summed E-state index contributed by atoms with van der Waals surface area (Å²) in [6, 6.07) is 80.7. The fourth-order valence-electron chi connectivity index (χ4n) is 14.7. The number of fused-ring (bicyclic) bond motifs is 8. The third-order valence-electron chi connectivity index (χ3n) is 20.3. The molecule has 3 heterocycles. The van der Waals surface area contributed by atoms with E-state index in [1.807, 2.05) is 0 Å². The van der Waals surface area contributed by atoms with E-state index in [0.29, 0.717) is 0 Å². The molecule has 0 atom stereocenters. The van der Waals surface area contributed by atoms with Gasteiger partial charge in [-0.25, -0.2) is 0 Å². The number of para-hydroxylation sites is 2. The Labute approximate surface area is 525 Å². The molecule has 0 unspecified atom stereocenters. The molecular weight excluding hydrogens is 1060 g/mol. The SMILES string of the molecule is CC(C)(C)c1ccc(-c2ccc3c(c2)N(c2ccc(-c4ccc5c(c4)C(C)(C)CCC5(C)C)cc2)c2cc(-n4c5ccccc5c5ccccc54)cc4c2B3c2ccc(-c3ccc(C(C)(C)C)cc3)cc2N4c2cc(C(C)(C)C)cc(C(C)(C)C)c2)cc1. The predicted octanol–water partition coefficient (Wildman–Crippen LogP) is 21.4. The van der Waals surface area contributed by atoms with Gasteiger partial charge in [-0.05, 0) is 189 Å². The van der Waals surface area contributed by atoms with E-state index in [1.165, 1.54) is 146 Å². The van der Waals surface area contributed by atoms with Gasteiger partial charge in [-0.1, -0.05) is 256 Å². The highest BCUT2D eigenvalue weighted by Gasteiger charge is 2.45. The number of hydrogen-bond acceptors (Lipinski definition) is 2. The zero-order valence-corrected chi connectivity index (χ0v) is 55.0. The smallest absolute Gasteiger partial charge is 0.252 e. The second-order valence-electron chi connectivity index (χ2n) is 31.4. The number of rotatable bonds is 6. The van der Waals surface area contributed by atoms with Gasteiger partial charge >= 0.3 is 0 Å². The maximum absolute atomic E-state index is 2.66. The van der Waals surface area contributed by atoms with Crippen molar-refractivity contribution < 1.29 is 0 Å². The molecule has 0 fully saturated rings. The molecule has 440 valence electrons. The number of aromatic nitrogens is 1. The molecule has 1 aliphatic carbocycles. The van der Waals surface area contributed by atoms with Crippen molar-refractivity contribution in [3.63, 3.8) is 0 Å². The molecule has 11 aromatic rings. The van der Waals surface area contributed by atoms with Crippen LogP contribution in [0.1, 0.15) is 157 Å². The number of nitrogens with zero attached hydrogens (tertiary/aromatic N) is 3. The highest BCUT2D eigenvalue weighted by Crippen LogP contribution is 2.51. The van der Waals surface area contributed by atoms with Gasteiger partial charge in [0.05, 0.1) is 16.7 Å². The van der Waals surface area contributed by atoms with Crippen LogP contribution in [-0.4, -0.2) is 11.3 Å². The van der Waals surface area contributed by atoms with Crippen molar-refractivity contribution in [2.45, 2.75) is 156 Å². The normalized spacial score (nSPS) is 15.3. The fourth-order valence-corrected chi connectivity index (χ4v) is 14.7. The molecule has 10 aromatic carbocycles. The summed E-state index contributed by atoms with van der Waals surface area (Å²) < 4.78 is 2.53. The topological polar surface area (TPSA) is 11.4 Å². The molecule has 0 radical (unpaired) electrons. The Morgan fingerprint density at radius 3 is 1.16 bits per heavy atom. The molecule has 3 aliphatic rings. The molecular formula is C84H86BN3. The minimum absolute atomic E-state index is 0.0408. The molecule has 0 amide bonds. The first-order valence-electron chi connectivity index (χ1n) is 32.3. The number of benzene rings is 10. The van der Waals surface area contributed by atoms with Crippen LogP contribution in [0.5, 0.6) is 0 Å². The minimum Gasteiger partial charge on any atom is -0.311 e. The summed E-state index contributed by atoms with van der Waals surface area (Å²) in [5.74, 6) is 0. The van der Waals surface area contributed by atoms with Crippen LogP contribution in [0.3, 0.4) is 0 Å².